The molecule has 1 aliphatic heterocycles. The molecule has 0 N–H and O–H groups in total. The summed E-state index contributed by atoms with van der Waals surface area (Å²) in [5.41, 5.74) is 0.751. The molecule has 1 aliphatic carbocycles. The Kier molecular flexibility index (Phi) is 3.57. The van der Waals surface area contributed by atoms with E-state index in [1.165, 1.54) is 4.90 Å². The van der Waals surface area contributed by atoms with E-state index in [1.807, 2.05) is 31.2 Å². The molecule has 2 aromatic rings. The van der Waals surface area contributed by atoms with Gasteiger partial charge in [0, 0.05) is 20.4 Å². The lowest BCUT2D eigenvalue weighted by Gasteiger charge is -2.21. The molecule has 122 valence electrons. The zero-order chi connectivity index (χ0) is 17.2. The third-order valence-corrected chi connectivity index (χ3v) is 5.97. The number of nitrogens with zero attached hydrogens (tertiary/aromatic N) is 1. The molecule has 3 atom stereocenters. The molecule has 0 unspecified atom stereocenters. The lowest BCUT2D eigenvalue weighted by Crippen LogP contribution is -2.36. The maximum absolute atomic E-state index is 13.0. The Hall–Kier alpha value is -1.36. The Labute approximate surface area is 157 Å². The van der Waals surface area contributed by atoms with Crippen LogP contribution in [0.5, 0.6) is 0 Å². The number of hydrogen-bond acceptors (Lipinski definition) is 2. The molecule has 1 saturated heterocycles. The van der Waals surface area contributed by atoms with Crippen molar-refractivity contribution in [2.24, 2.45) is 11.3 Å². The Morgan fingerprint density at radius 3 is 2.08 bits per heavy atom. The third kappa shape index (κ3) is 2.17. The van der Waals surface area contributed by atoms with Crippen LogP contribution in [0.25, 0.3) is 0 Å². The molecule has 1 saturated carbocycles. The molecule has 24 heavy (non-hydrogen) atoms. The number of piperidine rings is 1. The first-order valence-electron chi connectivity index (χ1n) is 7.44. The van der Waals surface area contributed by atoms with E-state index >= 15 is 0 Å². The Morgan fingerprint density at radius 2 is 1.58 bits per heavy atom. The van der Waals surface area contributed by atoms with E-state index in [2.05, 4.69) is 15.9 Å². The molecule has 0 spiro atoms. The number of imide groups is 1. The van der Waals surface area contributed by atoms with E-state index in [0.29, 0.717) is 15.7 Å². The summed E-state index contributed by atoms with van der Waals surface area (Å²) < 4.78 is 0.968. The van der Waals surface area contributed by atoms with Crippen LogP contribution < -0.4 is 4.90 Å². The summed E-state index contributed by atoms with van der Waals surface area (Å²) in [6.45, 7) is 1.86. The van der Waals surface area contributed by atoms with Gasteiger partial charge in [-0.25, -0.2) is 4.90 Å². The largest absolute Gasteiger partial charge is 0.274 e. The van der Waals surface area contributed by atoms with E-state index in [0.717, 1.165) is 10.0 Å². The second-order valence-electron chi connectivity index (χ2n) is 6.40. The maximum Gasteiger partial charge on any atom is 0.241 e. The van der Waals surface area contributed by atoms with Gasteiger partial charge < -0.3 is 0 Å². The zero-order valence-corrected chi connectivity index (χ0v) is 15.7. The van der Waals surface area contributed by atoms with Gasteiger partial charge in [-0.3, -0.25) is 9.59 Å². The van der Waals surface area contributed by atoms with Crippen LogP contribution >= 0.6 is 39.1 Å². The molecule has 6 heteroatoms. The number of halogens is 3. The second-order valence-corrected chi connectivity index (χ2v) is 8.18. The smallest absolute Gasteiger partial charge is 0.241 e. The maximum atomic E-state index is 13.0. The van der Waals surface area contributed by atoms with Gasteiger partial charge in [0.25, 0.3) is 0 Å². The Balaban J connectivity index is 1.70. The van der Waals surface area contributed by atoms with Crippen molar-refractivity contribution in [3.63, 3.8) is 0 Å². The second kappa shape index (κ2) is 5.32. The lowest BCUT2D eigenvalue weighted by atomic mass is 10.00. The van der Waals surface area contributed by atoms with Crippen LogP contribution in [0.2, 0.25) is 10.0 Å². The number of rotatable bonds is 2. The van der Waals surface area contributed by atoms with Crippen molar-refractivity contribution >= 4 is 56.6 Å². The van der Waals surface area contributed by atoms with Gasteiger partial charge in [0.15, 0.2) is 0 Å². The quantitative estimate of drug-likeness (QED) is 0.632. The van der Waals surface area contributed by atoms with E-state index in [4.69, 9.17) is 23.2 Å². The number of anilines is 1. The van der Waals surface area contributed by atoms with Gasteiger partial charge in [0.1, 0.15) is 0 Å². The highest BCUT2D eigenvalue weighted by Gasteiger charge is 2.76. The summed E-state index contributed by atoms with van der Waals surface area (Å²) in [5.74, 6) is -0.780. The first-order valence-corrected chi connectivity index (χ1v) is 8.99. The molecule has 3 nitrogen and oxygen atoms in total. The Morgan fingerprint density at radius 1 is 1.00 bits per heavy atom. The van der Waals surface area contributed by atoms with Gasteiger partial charge >= 0.3 is 0 Å². The van der Waals surface area contributed by atoms with Crippen LogP contribution in [0.1, 0.15) is 18.4 Å². The molecule has 2 fully saturated rings. The number of benzene rings is 2. The summed E-state index contributed by atoms with van der Waals surface area (Å²) in [6.07, 6.45) is 0. The average Bonchev–Trinajstić information content (AvgIpc) is 3.08. The molecule has 2 amide bonds. The van der Waals surface area contributed by atoms with Crippen LogP contribution in [0.4, 0.5) is 5.69 Å². The fourth-order valence-corrected chi connectivity index (χ4v) is 4.56. The molecule has 0 radical (unpaired) electrons. The Bertz CT molecular complexity index is 863. The van der Waals surface area contributed by atoms with E-state index < -0.39 is 5.41 Å². The summed E-state index contributed by atoms with van der Waals surface area (Å²) in [7, 11) is 0. The molecular formula is C18H12BrCl2NO2. The van der Waals surface area contributed by atoms with Crippen LogP contribution in [0, 0.1) is 11.3 Å². The topological polar surface area (TPSA) is 37.4 Å². The van der Waals surface area contributed by atoms with Crippen LogP contribution in [-0.2, 0) is 9.59 Å². The van der Waals surface area contributed by atoms with Crippen molar-refractivity contribution in [3.05, 3.63) is 62.5 Å². The molecule has 4 rings (SSSR count). The molecule has 0 aromatic heterocycles. The van der Waals surface area contributed by atoms with Gasteiger partial charge in [-0.05, 0) is 42.8 Å². The summed E-state index contributed by atoms with van der Waals surface area (Å²) in [6, 6.07) is 12.5. The van der Waals surface area contributed by atoms with Crippen LogP contribution in [0.15, 0.2) is 46.9 Å². The van der Waals surface area contributed by atoms with Gasteiger partial charge in [-0.1, -0.05) is 51.3 Å². The lowest BCUT2D eigenvalue weighted by molar-refractivity contribution is -0.125. The minimum Gasteiger partial charge on any atom is -0.274 e. The van der Waals surface area contributed by atoms with Crippen molar-refractivity contribution in [1.82, 2.24) is 0 Å². The predicted molar refractivity (Wildman–Crippen MR) is 97.4 cm³/mol. The third-order valence-electron chi connectivity index (χ3n) is 5.00. The summed E-state index contributed by atoms with van der Waals surface area (Å²) in [4.78, 5) is 27.0. The van der Waals surface area contributed by atoms with Gasteiger partial charge in [-0.15, -0.1) is 0 Å². The number of fused-ring (bicyclic) bond motifs is 1. The van der Waals surface area contributed by atoms with Crippen molar-refractivity contribution < 1.29 is 9.59 Å². The van der Waals surface area contributed by atoms with Crippen LogP contribution in [-0.4, -0.2) is 11.8 Å². The normalized spacial score (nSPS) is 28.2. The van der Waals surface area contributed by atoms with Crippen molar-refractivity contribution in [2.75, 3.05) is 4.90 Å². The monoisotopic (exact) mass is 423 g/mol. The first-order chi connectivity index (χ1) is 11.3. The highest BCUT2D eigenvalue weighted by molar-refractivity contribution is 9.10. The number of hydrogen-bond donors (Lipinski definition) is 0. The fourth-order valence-electron chi connectivity index (χ4n) is 3.78. The van der Waals surface area contributed by atoms with E-state index in [-0.39, 0.29) is 23.7 Å². The van der Waals surface area contributed by atoms with Gasteiger partial charge in [-0.2, -0.15) is 0 Å². The number of amides is 2. The van der Waals surface area contributed by atoms with E-state index in [1.54, 1.807) is 18.2 Å². The average molecular weight is 425 g/mol. The minimum atomic E-state index is -0.695. The van der Waals surface area contributed by atoms with Crippen molar-refractivity contribution in [3.8, 4) is 0 Å². The molecule has 0 bridgehead atoms. The molecule has 2 aliphatic rings. The minimum absolute atomic E-state index is 0.0727. The number of carbonyl (C=O) groups excluding carboxylic acids is 2. The highest BCUT2D eigenvalue weighted by atomic mass is 79.9. The summed E-state index contributed by atoms with van der Waals surface area (Å²) in [5, 5.41) is 0.793. The highest BCUT2D eigenvalue weighted by Crippen LogP contribution is 2.69. The van der Waals surface area contributed by atoms with Crippen molar-refractivity contribution in [2.45, 2.75) is 12.8 Å². The van der Waals surface area contributed by atoms with Crippen LogP contribution in [0.3, 0.4) is 0 Å². The van der Waals surface area contributed by atoms with E-state index in [9.17, 15) is 9.59 Å². The van der Waals surface area contributed by atoms with Gasteiger partial charge in [0.2, 0.25) is 11.8 Å². The number of carbonyl (C=O) groups is 2. The molecule has 1 heterocycles. The molecule has 2 aromatic carbocycles. The standard InChI is InChI=1S/C18H12BrCl2NO2/c1-18-14(9-2-4-10(19)5-3-9)15(18)16(23)22(17(18)24)13-7-11(20)6-12(21)8-13/h2-8,14-15H,1H3/t14-,15-,18-/m0/s1. The first kappa shape index (κ1) is 16.1. The summed E-state index contributed by atoms with van der Waals surface area (Å²) >= 11 is 15.4. The van der Waals surface area contributed by atoms with Crippen molar-refractivity contribution in [1.29, 1.82) is 0 Å². The fraction of sp³-hybridized carbons (Fsp3) is 0.222. The zero-order valence-electron chi connectivity index (χ0n) is 12.6. The van der Waals surface area contributed by atoms with Gasteiger partial charge in [0.05, 0.1) is 17.0 Å². The SMILES string of the molecule is C[C@@]12C(=O)N(c3cc(Cl)cc(Cl)c3)C(=O)[C@@H]1[C@@H]2c1ccc(Br)cc1. The molecular weight excluding hydrogens is 413 g/mol. The predicted octanol–water partition coefficient (Wildman–Crippen LogP) is 5.05.